The summed E-state index contributed by atoms with van der Waals surface area (Å²) in [5, 5.41) is 6.83. The van der Waals surface area contributed by atoms with E-state index in [9.17, 15) is 0 Å². The molecule has 8 nitrogen and oxygen atoms in total. The number of aliphatic imine (C=N–C) groups is 2. The zero-order chi connectivity index (χ0) is 23.6. The van der Waals surface area contributed by atoms with E-state index in [1.54, 1.807) is 18.8 Å². The molecule has 3 heterocycles. The summed E-state index contributed by atoms with van der Waals surface area (Å²) in [5.74, 6) is 1.55. The van der Waals surface area contributed by atoms with E-state index in [4.69, 9.17) is 9.47 Å². The standard InChI is InChI=1S/C25H36N6O2/c1-6-26-20(23(17(3)4)27-7-2)11-9-8-10-14-28-24-22-18(5)32-15-19-12-13-21(33-19)31-25(22)30-16-29-24/h6-8,10,16,18-19,21H,3,9,11-15H2,1-2,4-5H3,(H2,28,29,30,31)/b10-8+,23-20+,26-6?,27-7?/t18?,19-,21+/m0/s1. The first-order valence-corrected chi connectivity index (χ1v) is 11.7. The largest absolute Gasteiger partial charge is 0.371 e. The Balaban J connectivity index is 1.62. The molecular weight excluding hydrogens is 416 g/mol. The summed E-state index contributed by atoms with van der Waals surface area (Å²) >= 11 is 0. The highest BCUT2D eigenvalue weighted by Crippen LogP contribution is 2.34. The van der Waals surface area contributed by atoms with Gasteiger partial charge in [-0.05, 0) is 59.0 Å². The number of aromatic nitrogens is 2. The lowest BCUT2D eigenvalue weighted by atomic mass is 10.1. The minimum atomic E-state index is -0.137. The predicted molar refractivity (Wildman–Crippen MR) is 135 cm³/mol. The second-order valence-corrected chi connectivity index (χ2v) is 8.17. The van der Waals surface area contributed by atoms with Crippen LogP contribution in [0.5, 0.6) is 0 Å². The van der Waals surface area contributed by atoms with Gasteiger partial charge in [0.25, 0.3) is 0 Å². The number of rotatable bonds is 9. The fourth-order valence-electron chi connectivity index (χ4n) is 4.00. The van der Waals surface area contributed by atoms with Crippen molar-refractivity contribution in [1.29, 1.82) is 0 Å². The molecule has 0 radical (unpaired) electrons. The van der Waals surface area contributed by atoms with Crippen molar-refractivity contribution in [1.82, 2.24) is 9.97 Å². The summed E-state index contributed by atoms with van der Waals surface area (Å²) in [6.45, 7) is 13.1. The third kappa shape index (κ3) is 6.82. The van der Waals surface area contributed by atoms with Gasteiger partial charge in [-0.2, -0.15) is 0 Å². The molecule has 2 N–H and O–H groups in total. The van der Waals surface area contributed by atoms with E-state index < -0.39 is 0 Å². The van der Waals surface area contributed by atoms with Gasteiger partial charge in [0.05, 0.1) is 35.8 Å². The normalized spacial score (nSPS) is 23.7. The average molecular weight is 453 g/mol. The fraction of sp³-hybridized carbons (Fsp3) is 0.520. The minimum absolute atomic E-state index is 0.0283. The van der Waals surface area contributed by atoms with E-state index in [1.807, 2.05) is 27.7 Å². The van der Waals surface area contributed by atoms with Crippen molar-refractivity contribution < 1.29 is 9.47 Å². The number of fused-ring (bicyclic) bond motifs is 3. The van der Waals surface area contributed by atoms with E-state index in [0.717, 1.165) is 59.8 Å². The molecule has 2 aliphatic heterocycles. The maximum Gasteiger partial charge on any atom is 0.139 e. The van der Waals surface area contributed by atoms with Crippen molar-refractivity contribution in [2.75, 3.05) is 23.8 Å². The lowest BCUT2D eigenvalue weighted by Crippen LogP contribution is -2.21. The molecule has 1 unspecified atom stereocenters. The Bertz CT molecular complexity index is 937. The van der Waals surface area contributed by atoms with E-state index >= 15 is 0 Å². The summed E-state index contributed by atoms with van der Waals surface area (Å²) in [6, 6.07) is 0. The lowest BCUT2D eigenvalue weighted by Gasteiger charge is -2.20. The Morgan fingerprint density at radius 1 is 1.24 bits per heavy atom. The van der Waals surface area contributed by atoms with Crippen molar-refractivity contribution in [3.63, 3.8) is 0 Å². The fourth-order valence-corrected chi connectivity index (χ4v) is 4.00. The summed E-state index contributed by atoms with van der Waals surface area (Å²) in [4.78, 5) is 17.9. The Labute approximate surface area is 197 Å². The number of allylic oxidation sites excluding steroid dienone is 3. The highest BCUT2D eigenvalue weighted by molar-refractivity contribution is 5.60. The molecule has 3 atom stereocenters. The summed E-state index contributed by atoms with van der Waals surface area (Å²) in [6.07, 6.45) is 13.0. The van der Waals surface area contributed by atoms with Crippen LogP contribution in [-0.2, 0) is 9.47 Å². The Hall–Kier alpha value is -2.84. The molecule has 0 amide bonds. The van der Waals surface area contributed by atoms with Crippen LogP contribution >= 0.6 is 0 Å². The van der Waals surface area contributed by atoms with E-state index in [2.05, 4.69) is 49.3 Å². The van der Waals surface area contributed by atoms with Crippen LogP contribution in [0.2, 0.25) is 0 Å². The maximum atomic E-state index is 6.08. The Kier molecular flexibility index (Phi) is 9.33. The average Bonchev–Trinajstić information content (AvgIpc) is 3.26. The van der Waals surface area contributed by atoms with Gasteiger partial charge in [-0.3, -0.25) is 9.98 Å². The molecule has 0 spiro atoms. The highest BCUT2D eigenvalue weighted by Gasteiger charge is 2.30. The van der Waals surface area contributed by atoms with Gasteiger partial charge in [-0.1, -0.05) is 18.7 Å². The molecule has 1 aromatic rings. The summed E-state index contributed by atoms with van der Waals surface area (Å²) in [5.41, 5.74) is 3.66. The topological polar surface area (TPSA) is 93.0 Å². The molecule has 0 aliphatic carbocycles. The number of anilines is 2. The van der Waals surface area contributed by atoms with Crippen LogP contribution in [0, 0.1) is 0 Å². The third-order valence-electron chi connectivity index (χ3n) is 5.55. The maximum absolute atomic E-state index is 6.08. The van der Waals surface area contributed by atoms with E-state index in [1.165, 1.54) is 0 Å². The second-order valence-electron chi connectivity index (χ2n) is 8.17. The van der Waals surface area contributed by atoms with Gasteiger partial charge in [0, 0.05) is 19.0 Å². The molecule has 0 aromatic carbocycles. The molecule has 2 bridgehead atoms. The van der Waals surface area contributed by atoms with E-state index in [-0.39, 0.29) is 18.4 Å². The van der Waals surface area contributed by atoms with Gasteiger partial charge >= 0.3 is 0 Å². The molecule has 178 valence electrons. The molecule has 1 saturated heterocycles. The van der Waals surface area contributed by atoms with Crippen LogP contribution in [0.4, 0.5) is 11.6 Å². The van der Waals surface area contributed by atoms with Gasteiger partial charge in [0.2, 0.25) is 0 Å². The number of hydrogen-bond acceptors (Lipinski definition) is 8. The van der Waals surface area contributed by atoms with Gasteiger partial charge in [0.1, 0.15) is 24.2 Å². The van der Waals surface area contributed by atoms with Gasteiger partial charge in [-0.15, -0.1) is 0 Å². The van der Waals surface area contributed by atoms with Crippen molar-refractivity contribution in [3.05, 3.63) is 47.6 Å². The number of nitrogens with zero attached hydrogens (tertiary/aromatic N) is 4. The molecular formula is C25H36N6O2. The smallest absolute Gasteiger partial charge is 0.139 e. The quantitative estimate of drug-likeness (QED) is 0.304. The SMILES string of the molecule is C=C(C)/C(N=CC)=C(/CC/C=C/CNc1ncnc2c1C(C)OC[C@@H]1CC[C@H](N2)O1)N=CC. The van der Waals surface area contributed by atoms with E-state index in [0.29, 0.717) is 13.2 Å². The van der Waals surface area contributed by atoms with Gasteiger partial charge < -0.3 is 20.1 Å². The molecule has 1 aromatic heterocycles. The molecule has 0 saturated carbocycles. The van der Waals surface area contributed by atoms with Crippen LogP contribution in [-0.4, -0.2) is 47.9 Å². The third-order valence-corrected chi connectivity index (χ3v) is 5.55. The van der Waals surface area contributed by atoms with Crippen molar-refractivity contribution >= 4 is 24.1 Å². The molecule has 2 aliphatic rings. The lowest BCUT2D eigenvalue weighted by molar-refractivity contribution is -0.0279. The first-order valence-electron chi connectivity index (χ1n) is 11.7. The van der Waals surface area contributed by atoms with Gasteiger partial charge in [-0.25, -0.2) is 9.97 Å². The van der Waals surface area contributed by atoms with Gasteiger partial charge in [0.15, 0.2) is 0 Å². The second kappa shape index (κ2) is 12.4. The summed E-state index contributed by atoms with van der Waals surface area (Å²) in [7, 11) is 0. The molecule has 3 rings (SSSR count). The summed E-state index contributed by atoms with van der Waals surface area (Å²) < 4.78 is 12.1. The minimum Gasteiger partial charge on any atom is -0.371 e. The monoisotopic (exact) mass is 452 g/mol. The van der Waals surface area contributed by atoms with Crippen LogP contribution in [0.25, 0.3) is 0 Å². The van der Waals surface area contributed by atoms with Crippen molar-refractivity contribution in [2.45, 2.75) is 71.8 Å². The first kappa shape index (κ1) is 24.8. The Morgan fingerprint density at radius 2 is 2.06 bits per heavy atom. The van der Waals surface area contributed by atoms with Crippen molar-refractivity contribution in [3.8, 4) is 0 Å². The first-order chi connectivity index (χ1) is 16.0. The number of hydrogen-bond donors (Lipinski definition) is 2. The molecule has 33 heavy (non-hydrogen) atoms. The van der Waals surface area contributed by atoms with Crippen LogP contribution in [0.15, 0.2) is 52.0 Å². The zero-order valence-corrected chi connectivity index (χ0v) is 20.2. The van der Waals surface area contributed by atoms with Crippen LogP contribution in [0.3, 0.4) is 0 Å². The van der Waals surface area contributed by atoms with Crippen LogP contribution in [0.1, 0.15) is 65.0 Å². The predicted octanol–water partition coefficient (Wildman–Crippen LogP) is 5.20. The Morgan fingerprint density at radius 3 is 2.82 bits per heavy atom. The number of nitrogens with one attached hydrogen (secondary N) is 2. The van der Waals surface area contributed by atoms with Crippen LogP contribution < -0.4 is 10.6 Å². The highest BCUT2D eigenvalue weighted by atomic mass is 16.6. The molecule has 1 fully saturated rings. The van der Waals surface area contributed by atoms with Crippen molar-refractivity contribution in [2.24, 2.45) is 9.98 Å². The number of ether oxygens (including phenoxy) is 2. The zero-order valence-electron chi connectivity index (χ0n) is 20.2. The molecule has 8 heteroatoms.